The van der Waals surface area contributed by atoms with Crippen molar-refractivity contribution in [2.45, 2.75) is 11.4 Å². The molecule has 3 N–H and O–H groups in total. The lowest BCUT2D eigenvalue weighted by molar-refractivity contribution is -0.150. The quantitative estimate of drug-likeness (QED) is 0.0857. The molecule has 1 fully saturated rings. The Morgan fingerprint density at radius 2 is 2.26 bits per heavy atom. The Bertz CT molecular complexity index is 1340. The van der Waals surface area contributed by atoms with E-state index >= 15 is 0 Å². The van der Waals surface area contributed by atoms with E-state index in [0.29, 0.717) is 17.1 Å². The van der Waals surface area contributed by atoms with E-state index in [2.05, 4.69) is 32.3 Å². The number of carboxylic acids is 1. The molecule has 12 nitrogen and oxygen atoms in total. The maximum atomic E-state index is 13.1. The third-order valence-electron chi connectivity index (χ3n) is 5.07. The number of nitrogens with zero attached hydrogens (tertiary/aromatic N) is 4. The summed E-state index contributed by atoms with van der Waals surface area (Å²) in [6, 6.07) is 2.67. The topological polar surface area (TPSA) is 163 Å². The molecular formula is C23H20N6O6S3. The molecule has 196 valence electrons. The molecular weight excluding hydrogens is 552 g/mol. The first-order valence-electron chi connectivity index (χ1n) is 10.9. The van der Waals surface area contributed by atoms with Gasteiger partial charge in [0, 0.05) is 28.4 Å². The maximum Gasteiger partial charge on any atom is 0.353 e. The second-order valence-corrected chi connectivity index (χ2v) is 10.4. The average Bonchev–Trinajstić information content (AvgIpc) is 3.38. The van der Waals surface area contributed by atoms with Crippen molar-refractivity contribution in [3.63, 3.8) is 0 Å². The summed E-state index contributed by atoms with van der Waals surface area (Å²) in [7, 11) is 0. The fraction of sp³-hybridized carbons (Fsp3) is 0.174. The minimum absolute atomic E-state index is 0.0252. The minimum atomic E-state index is -1.23. The van der Waals surface area contributed by atoms with Crippen LogP contribution in [0.3, 0.4) is 0 Å². The van der Waals surface area contributed by atoms with Crippen LogP contribution in [0.25, 0.3) is 6.08 Å². The summed E-state index contributed by atoms with van der Waals surface area (Å²) in [4.78, 5) is 63.8. The van der Waals surface area contributed by atoms with Crippen LogP contribution in [0.2, 0.25) is 0 Å². The number of aromatic nitrogens is 2. The normalized spacial score (nSPS) is 19.0. The number of aliphatic carboxylic acids is 1. The predicted octanol–water partition coefficient (Wildman–Crippen LogP) is 2.11. The predicted molar refractivity (Wildman–Crippen MR) is 145 cm³/mol. The molecule has 3 amide bonds. The fourth-order valence-corrected chi connectivity index (χ4v) is 6.43. The molecule has 0 aromatic carbocycles. The van der Waals surface area contributed by atoms with Gasteiger partial charge >= 0.3 is 5.97 Å². The second-order valence-electron chi connectivity index (χ2n) is 7.47. The number of fused-ring (bicyclic) bond motifs is 1. The third kappa shape index (κ3) is 5.95. The van der Waals surface area contributed by atoms with Crippen LogP contribution >= 0.6 is 34.9 Å². The van der Waals surface area contributed by atoms with E-state index in [1.54, 1.807) is 29.9 Å². The number of carbonyl (C=O) groups is 4. The number of thioether (sulfide) groups is 2. The standard InChI is InChI=1S/C23H20N6O6S3/c1-2-7-35-28-16(14-10-38-23(26-14)25-12-30)19(31)27-17-20(32)29-18(22(33)34)15(11-37-21(17)29)36-8-5-13-4-3-6-24-9-13/h2-6,8-10,12,17,21H,1,7,11H2,(H,27,31)(H,33,34)(H,25,26,30)/b8-5-,28-16?/t17?,21-/m0/s1. The lowest BCUT2D eigenvalue weighted by Gasteiger charge is -2.49. The largest absolute Gasteiger partial charge is 0.477 e. The van der Waals surface area contributed by atoms with Crippen molar-refractivity contribution in [3.05, 3.63) is 69.8 Å². The van der Waals surface area contributed by atoms with E-state index in [1.807, 2.05) is 6.07 Å². The summed E-state index contributed by atoms with van der Waals surface area (Å²) in [6.07, 6.45) is 7.01. The number of rotatable bonds is 12. The number of hydrogen-bond acceptors (Lipinski definition) is 11. The van der Waals surface area contributed by atoms with Crippen LogP contribution in [-0.2, 0) is 24.0 Å². The summed E-state index contributed by atoms with van der Waals surface area (Å²) in [6.45, 7) is 3.54. The summed E-state index contributed by atoms with van der Waals surface area (Å²) >= 11 is 3.62. The van der Waals surface area contributed by atoms with Crippen molar-refractivity contribution >= 4 is 76.0 Å². The maximum absolute atomic E-state index is 13.1. The zero-order valence-corrected chi connectivity index (χ0v) is 21.9. The lowest BCUT2D eigenvalue weighted by atomic mass is 10.0. The number of anilines is 1. The van der Waals surface area contributed by atoms with Crippen LogP contribution in [-0.4, -0.2) is 73.7 Å². The molecule has 1 saturated heterocycles. The molecule has 2 aromatic rings. The van der Waals surface area contributed by atoms with Gasteiger partial charge < -0.3 is 20.6 Å². The lowest BCUT2D eigenvalue weighted by Crippen LogP contribution is -2.71. The molecule has 2 aliphatic rings. The van der Waals surface area contributed by atoms with Gasteiger partial charge in [0.1, 0.15) is 29.4 Å². The van der Waals surface area contributed by atoms with E-state index in [9.17, 15) is 24.3 Å². The second kappa shape index (κ2) is 12.5. The van der Waals surface area contributed by atoms with E-state index in [0.717, 1.165) is 16.9 Å². The molecule has 1 unspecified atom stereocenters. The molecule has 2 atom stereocenters. The molecule has 0 saturated carbocycles. The van der Waals surface area contributed by atoms with Gasteiger partial charge in [0.15, 0.2) is 10.8 Å². The summed E-state index contributed by atoms with van der Waals surface area (Å²) in [5.41, 5.74) is 0.661. The van der Waals surface area contributed by atoms with Crippen LogP contribution in [0, 0.1) is 0 Å². The van der Waals surface area contributed by atoms with Gasteiger partial charge in [0.25, 0.3) is 11.8 Å². The van der Waals surface area contributed by atoms with E-state index < -0.39 is 29.2 Å². The average molecular weight is 573 g/mol. The summed E-state index contributed by atoms with van der Waals surface area (Å²) in [5, 5.41) is 21.6. The third-order valence-corrected chi connectivity index (χ3v) is 8.20. The number of hydrogen-bond donors (Lipinski definition) is 3. The molecule has 38 heavy (non-hydrogen) atoms. The summed E-state index contributed by atoms with van der Waals surface area (Å²) < 4.78 is 0. The summed E-state index contributed by atoms with van der Waals surface area (Å²) in [5.74, 6) is -2.20. The molecule has 0 radical (unpaired) electrons. The van der Waals surface area contributed by atoms with Gasteiger partial charge in [-0.15, -0.1) is 23.1 Å². The molecule has 4 heterocycles. The molecule has 2 aliphatic heterocycles. The van der Waals surface area contributed by atoms with Crippen molar-refractivity contribution in [2.24, 2.45) is 5.16 Å². The Balaban J connectivity index is 1.49. The minimum Gasteiger partial charge on any atom is -0.477 e. The van der Waals surface area contributed by atoms with Crippen LogP contribution in [0.15, 0.2) is 63.7 Å². The number of carbonyl (C=O) groups excluding carboxylic acids is 3. The number of thiazole rings is 1. The molecule has 15 heteroatoms. The SMILES string of the molecule is C=CCON=C(C(=O)NC1C(=O)N2C(C(=O)O)=C(S/C=C\c3cccnc3)CS[C@@H]12)c1csc(NC=O)n1. The molecule has 4 rings (SSSR count). The van der Waals surface area contributed by atoms with Crippen LogP contribution in [0.1, 0.15) is 11.3 Å². The van der Waals surface area contributed by atoms with E-state index in [1.165, 1.54) is 39.9 Å². The zero-order valence-electron chi connectivity index (χ0n) is 19.5. The van der Waals surface area contributed by atoms with Gasteiger partial charge in [-0.25, -0.2) is 9.78 Å². The Morgan fingerprint density at radius 1 is 1.42 bits per heavy atom. The van der Waals surface area contributed by atoms with Crippen molar-refractivity contribution in [3.8, 4) is 0 Å². The van der Waals surface area contributed by atoms with Crippen LogP contribution in [0.4, 0.5) is 5.13 Å². The molecule has 0 aliphatic carbocycles. The van der Waals surface area contributed by atoms with Gasteiger partial charge in [-0.2, -0.15) is 0 Å². The van der Waals surface area contributed by atoms with Crippen molar-refractivity contribution in [1.29, 1.82) is 0 Å². The number of amides is 3. The van der Waals surface area contributed by atoms with Gasteiger partial charge in [-0.1, -0.05) is 35.6 Å². The molecule has 0 bridgehead atoms. The first kappa shape index (κ1) is 27.1. The number of β-lactam (4-membered cyclic amide) rings is 1. The zero-order chi connectivity index (χ0) is 27.1. The first-order valence-corrected chi connectivity index (χ1v) is 13.7. The van der Waals surface area contributed by atoms with Gasteiger partial charge in [-0.3, -0.25) is 24.3 Å². The van der Waals surface area contributed by atoms with Crippen molar-refractivity contribution in [1.82, 2.24) is 20.2 Å². The van der Waals surface area contributed by atoms with Gasteiger partial charge in [-0.05, 0) is 23.1 Å². The van der Waals surface area contributed by atoms with Crippen LogP contribution < -0.4 is 10.6 Å². The Hall–Kier alpha value is -3.95. The molecule has 2 aromatic heterocycles. The highest BCUT2D eigenvalue weighted by molar-refractivity contribution is 8.08. The Morgan fingerprint density at radius 3 is 2.97 bits per heavy atom. The fourth-order valence-electron chi connectivity index (χ4n) is 3.42. The van der Waals surface area contributed by atoms with E-state index in [4.69, 9.17) is 4.84 Å². The first-order chi connectivity index (χ1) is 18.4. The highest BCUT2D eigenvalue weighted by atomic mass is 32.2. The number of oxime groups is 1. The number of carboxylic acid groups (broad SMARTS) is 1. The van der Waals surface area contributed by atoms with Crippen molar-refractivity contribution in [2.75, 3.05) is 17.7 Å². The Kier molecular flexibility index (Phi) is 8.93. The Labute approximate surface area is 228 Å². The monoisotopic (exact) mass is 572 g/mol. The highest BCUT2D eigenvalue weighted by Gasteiger charge is 2.54. The van der Waals surface area contributed by atoms with Crippen molar-refractivity contribution < 1.29 is 29.1 Å². The molecule has 0 spiro atoms. The van der Waals surface area contributed by atoms with Crippen LogP contribution in [0.5, 0.6) is 0 Å². The van der Waals surface area contributed by atoms with E-state index in [-0.39, 0.29) is 28.8 Å². The highest BCUT2D eigenvalue weighted by Crippen LogP contribution is 2.43. The van der Waals surface area contributed by atoms with Gasteiger partial charge in [0.2, 0.25) is 6.41 Å². The van der Waals surface area contributed by atoms with Gasteiger partial charge in [0.05, 0.1) is 0 Å². The number of nitrogens with one attached hydrogen (secondary N) is 2. The number of pyridine rings is 1. The smallest absolute Gasteiger partial charge is 0.353 e.